The minimum atomic E-state index is -0.676. The average Bonchev–Trinajstić information content (AvgIpc) is 2.70. The van der Waals surface area contributed by atoms with Crippen LogP contribution >= 0.6 is 0 Å². The number of hydrogen-bond donors (Lipinski definition) is 0. The van der Waals surface area contributed by atoms with E-state index in [9.17, 15) is 18.4 Å². The van der Waals surface area contributed by atoms with Crippen LogP contribution < -0.4 is 0 Å². The first-order valence-corrected chi connectivity index (χ1v) is 6.89. The summed E-state index contributed by atoms with van der Waals surface area (Å²) in [5.74, 6) is -2.09. The van der Waals surface area contributed by atoms with Gasteiger partial charge in [-0.05, 0) is 43.2 Å². The van der Waals surface area contributed by atoms with Gasteiger partial charge in [-0.1, -0.05) is 12.1 Å². The molecule has 22 heavy (non-hydrogen) atoms. The van der Waals surface area contributed by atoms with Crippen molar-refractivity contribution < 1.29 is 18.4 Å². The number of hydrogen-bond acceptors (Lipinski definition) is 2. The van der Waals surface area contributed by atoms with Gasteiger partial charge in [-0.25, -0.2) is 8.78 Å². The molecule has 2 aromatic rings. The molecule has 2 amide bonds. The lowest BCUT2D eigenvalue weighted by atomic mass is 10.1. The van der Waals surface area contributed by atoms with Gasteiger partial charge in [0.15, 0.2) is 0 Å². The van der Waals surface area contributed by atoms with Crippen molar-refractivity contribution in [3.63, 3.8) is 0 Å². The third kappa shape index (κ3) is 2.39. The molecule has 112 valence electrons. The minimum absolute atomic E-state index is 0.195. The lowest BCUT2D eigenvalue weighted by Crippen LogP contribution is -2.39. The summed E-state index contributed by atoms with van der Waals surface area (Å²) in [5, 5.41) is 0. The van der Waals surface area contributed by atoms with Crippen LogP contribution in [0.25, 0.3) is 0 Å². The highest BCUT2D eigenvalue weighted by molar-refractivity contribution is 6.21. The second-order valence-corrected chi connectivity index (χ2v) is 5.36. The van der Waals surface area contributed by atoms with Crippen LogP contribution in [0.5, 0.6) is 0 Å². The quantitative estimate of drug-likeness (QED) is 0.817. The zero-order valence-electron chi connectivity index (χ0n) is 11.8. The maximum atomic E-state index is 13.2. The minimum Gasteiger partial charge on any atom is -0.271 e. The molecule has 1 unspecified atom stereocenters. The van der Waals surface area contributed by atoms with Crippen molar-refractivity contribution in [3.05, 3.63) is 70.8 Å². The van der Waals surface area contributed by atoms with Gasteiger partial charge >= 0.3 is 0 Å². The topological polar surface area (TPSA) is 37.4 Å². The molecule has 0 N–H and O–H groups in total. The molecule has 1 heterocycles. The molecule has 0 aliphatic carbocycles. The molecule has 1 atom stereocenters. The van der Waals surface area contributed by atoms with E-state index >= 15 is 0 Å². The van der Waals surface area contributed by atoms with Gasteiger partial charge in [0.1, 0.15) is 11.6 Å². The highest BCUT2D eigenvalue weighted by atomic mass is 19.1. The Labute approximate surface area is 126 Å². The van der Waals surface area contributed by atoms with Crippen molar-refractivity contribution in [1.29, 1.82) is 0 Å². The maximum absolute atomic E-state index is 13.2. The first kappa shape index (κ1) is 14.4. The molecule has 3 nitrogen and oxygen atoms in total. The Morgan fingerprint density at radius 1 is 0.955 bits per heavy atom. The summed E-state index contributed by atoms with van der Waals surface area (Å²) in [6.45, 7) is 1.69. The lowest BCUT2D eigenvalue weighted by molar-refractivity contribution is 0.0596. The zero-order valence-corrected chi connectivity index (χ0v) is 11.8. The van der Waals surface area contributed by atoms with Gasteiger partial charge in [0, 0.05) is 12.1 Å². The number of carbonyl (C=O) groups excluding carboxylic acids is 2. The van der Waals surface area contributed by atoms with Crippen LogP contribution in [0, 0.1) is 11.6 Å². The average molecular weight is 301 g/mol. The number of rotatable bonds is 3. The summed E-state index contributed by atoms with van der Waals surface area (Å²) in [6, 6.07) is 9.30. The van der Waals surface area contributed by atoms with Crippen molar-refractivity contribution in [2.45, 2.75) is 19.4 Å². The van der Waals surface area contributed by atoms with E-state index in [0.29, 0.717) is 16.7 Å². The Kier molecular flexibility index (Phi) is 3.48. The van der Waals surface area contributed by atoms with Gasteiger partial charge in [-0.2, -0.15) is 0 Å². The predicted molar refractivity (Wildman–Crippen MR) is 76.5 cm³/mol. The highest BCUT2D eigenvalue weighted by Crippen LogP contribution is 2.25. The number of fused-ring (bicyclic) bond motifs is 1. The van der Waals surface area contributed by atoms with E-state index in [1.54, 1.807) is 31.2 Å². The third-order valence-corrected chi connectivity index (χ3v) is 3.72. The monoisotopic (exact) mass is 301 g/mol. The standard InChI is InChI=1S/C17H13F2NO2/c1-10(6-11-7-12(18)9-13(19)8-11)20-16(21)14-4-2-3-5-15(14)17(20)22/h2-5,7-10H,6H2,1H3. The third-order valence-electron chi connectivity index (χ3n) is 3.72. The second-order valence-electron chi connectivity index (χ2n) is 5.36. The fourth-order valence-electron chi connectivity index (χ4n) is 2.77. The molecular weight excluding hydrogens is 288 g/mol. The molecule has 5 heteroatoms. The number of imide groups is 1. The Bertz CT molecular complexity index is 718. The van der Waals surface area contributed by atoms with Crippen LogP contribution in [-0.2, 0) is 6.42 Å². The molecule has 2 aromatic carbocycles. The van der Waals surface area contributed by atoms with Crippen LogP contribution in [0.3, 0.4) is 0 Å². The Morgan fingerprint density at radius 3 is 1.95 bits per heavy atom. The molecule has 0 radical (unpaired) electrons. The van der Waals surface area contributed by atoms with Crippen molar-refractivity contribution in [3.8, 4) is 0 Å². The van der Waals surface area contributed by atoms with Crippen LogP contribution in [0.1, 0.15) is 33.2 Å². The molecular formula is C17H13F2NO2. The van der Waals surface area contributed by atoms with E-state index in [1.807, 2.05) is 0 Å². The first-order chi connectivity index (χ1) is 10.5. The van der Waals surface area contributed by atoms with Gasteiger partial charge in [-0.15, -0.1) is 0 Å². The molecule has 0 saturated heterocycles. The summed E-state index contributed by atoms with van der Waals surface area (Å²) in [4.78, 5) is 25.8. The molecule has 0 aromatic heterocycles. The summed E-state index contributed by atoms with van der Waals surface area (Å²) in [6.07, 6.45) is 0.195. The van der Waals surface area contributed by atoms with Crippen molar-refractivity contribution >= 4 is 11.8 Å². The summed E-state index contributed by atoms with van der Waals surface area (Å²) in [5.41, 5.74) is 1.14. The number of nitrogens with zero attached hydrogens (tertiary/aromatic N) is 1. The van der Waals surface area contributed by atoms with Gasteiger partial charge < -0.3 is 0 Å². The number of benzene rings is 2. The molecule has 0 saturated carbocycles. The Hall–Kier alpha value is -2.56. The van der Waals surface area contributed by atoms with Gasteiger partial charge in [0.05, 0.1) is 11.1 Å². The van der Waals surface area contributed by atoms with Crippen molar-refractivity contribution in [1.82, 2.24) is 4.90 Å². The zero-order chi connectivity index (χ0) is 15.9. The van der Waals surface area contributed by atoms with Gasteiger partial charge in [0.2, 0.25) is 0 Å². The van der Waals surface area contributed by atoms with E-state index in [2.05, 4.69) is 0 Å². The highest BCUT2D eigenvalue weighted by Gasteiger charge is 2.37. The van der Waals surface area contributed by atoms with Crippen LogP contribution in [0.2, 0.25) is 0 Å². The number of carbonyl (C=O) groups is 2. The normalized spacial score (nSPS) is 15.1. The SMILES string of the molecule is CC(Cc1cc(F)cc(F)c1)N1C(=O)c2ccccc2C1=O. The van der Waals surface area contributed by atoms with Gasteiger partial charge in [0.25, 0.3) is 11.8 Å². The largest absolute Gasteiger partial charge is 0.271 e. The van der Waals surface area contributed by atoms with Gasteiger partial charge in [-0.3, -0.25) is 14.5 Å². The van der Waals surface area contributed by atoms with Crippen LogP contribution in [-0.4, -0.2) is 22.8 Å². The maximum Gasteiger partial charge on any atom is 0.261 e. The van der Waals surface area contributed by atoms with E-state index in [1.165, 1.54) is 12.1 Å². The molecule has 0 spiro atoms. The van der Waals surface area contributed by atoms with E-state index in [-0.39, 0.29) is 18.2 Å². The molecule has 1 aliphatic rings. The molecule has 1 aliphatic heterocycles. The lowest BCUT2D eigenvalue weighted by Gasteiger charge is -2.22. The number of halogens is 2. The van der Waals surface area contributed by atoms with Crippen molar-refractivity contribution in [2.24, 2.45) is 0 Å². The summed E-state index contributed by atoms with van der Waals surface area (Å²) >= 11 is 0. The molecule has 0 fully saturated rings. The van der Waals surface area contributed by atoms with E-state index in [4.69, 9.17) is 0 Å². The van der Waals surface area contributed by atoms with Crippen LogP contribution in [0.4, 0.5) is 8.78 Å². The Balaban J connectivity index is 1.86. The first-order valence-electron chi connectivity index (χ1n) is 6.89. The smallest absolute Gasteiger partial charge is 0.261 e. The summed E-state index contributed by atoms with van der Waals surface area (Å²) in [7, 11) is 0. The predicted octanol–water partition coefficient (Wildman–Crippen LogP) is 3.19. The second kappa shape index (κ2) is 5.33. The van der Waals surface area contributed by atoms with Crippen molar-refractivity contribution in [2.75, 3.05) is 0 Å². The van der Waals surface area contributed by atoms with E-state index < -0.39 is 17.7 Å². The van der Waals surface area contributed by atoms with Crippen LogP contribution in [0.15, 0.2) is 42.5 Å². The van der Waals surface area contributed by atoms with E-state index in [0.717, 1.165) is 11.0 Å². The molecule has 3 rings (SSSR count). The number of amides is 2. The molecule has 0 bridgehead atoms. The Morgan fingerprint density at radius 2 is 1.45 bits per heavy atom. The fourth-order valence-corrected chi connectivity index (χ4v) is 2.77. The summed E-state index contributed by atoms with van der Waals surface area (Å²) < 4.78 is 26.5. The fraction of sp³-hybridized carbons (Fsp3) is 0.176.